The van der Waals surface area contributed by atoms with Gasteiger partial charge in [0, 0.05) is 4.83 Å². The summed E-state index contributed by atoms with van der Waals surface area (Å²) in [5.41, 5.74) is 0. The van der Waals surface area contributed by atoms with Gasteiger partial charge < -0.3 is 9.84 Å². The third-order valence-electron chi connectivity index (χ3n) is 0.814. The molecule has 0 aliphatic heterocycles. The lowest BCUT2D eigenvalue weighted by Gasteiger charge is -2.01. The number of alkyl halides is 1. The van der Waals surface area contributed by atoms with E-state index in [0.29, 0.717) is 0 Å². The third kappa shape index (κ3) is 4.42. The molecule has 1 N–H and O–H groups in total. The van der Waals surface area contributed by atoms with Crippen LogP contribution in [-0.4, -0.2) is 29.6 Å². The van der Waals surface area contributed by atoms with Crippen molar-refractivity contribution in [1.82, 2.24) is 0 Å². The van der Waals surface area contributed by atoms with Crippen LogP contribution in [0.25, 0.3) is 0 Å². The van der Waals surface area contributed by atoms with Gasteiger partial charge in [0.1, 0.15) is 0 Å². The van der Waals surface area contributed by atoms with Crippen LogP contribution in [0.15, 0.2) is 0 Å². The number of hydrogen-bond donors (Lipinski definition) is 1. The van der Waals surface area contributed by atoms with Crippen LogP contribution in [0.1, 0.15) is 6.42 Å². The van der Waals surface area contributed by atoms with E-state index in [0.717, 1.165) is 0 Å². The highest BCUT2D eigenvalue weighted by atomic mass is 79.9. The Kier molecular flexibility index (Phi) is 4.71. The van der Waals surface area contributed by atoms with Crippen molar-refractivity contribution in [2.45, 2.75) is 11.2 Å². The summed E-state index contributed by atoms with van der Waals surface area (Å²) in [7, 11) is 1.32. The molecule has 0 radical (unpaired) electrons. The van der Waals surface area contributed by atoms with E-state index in [1.165, 1.54) is 7.11 Å². The monoisotopic (exact) mass is 196 g/mol. The third-order valence-corrected chi connectivity index (χ3v) is 1.43. The summed E-state index contributed by atoms with van der Waals surface area (Å²) in [4.78, 5) is 10.2. The van der Waals surface area contributed by atoms with Gasteiger partial charge >= 0.3 is 5.97 Å². The minimum Gasteiger partial charge on any atom is -0.469 e. The molecule has 0 saturated heterocycles. The smallest absolute Gasteiger partial charge is 0.306 e. The molecule has 0 aliphatic rings. The molecule has 0 aromatic heterocycles. The van der Waals surface area contributed by atoms with E-state index in [-0.39, 0.29) is 23.8 Å². The summed E-state index contributed by atoms with van der Waals surface area (Å²) >= 11 is 3.07. The number of methoxy groups -OCH3 is 1. The first-order valence-electron chi connectivity index (χ1n) is 2.52. The topological polar surface area (TPSA) is 46.5 Å². The number of carbonyl (C=O) groups is 1. The summed E-state index contributed by atoms with van der Waals surface area (Å²) in [6.07, 6.45) is 0.215. The van der Waals surface area contributed by atoms with E-state index in [9.17, 15) is 4.79 Å². The Hall–Kier alpha value is -0.0900. The Morgan fingerprint density at radius 2 is 2.44 bits per heavy atom. The van der Waals surface area contributed by atoms with Gasteiger partial charge in [-0.2, -0.15) is 0 Å². The first-order valence-corrected chi connectivity index (χ1v) is 3.44. The van der Waals surface area contributed by atoms with Crippen LogP contribution >= 0.6 is 15.9 Å². The Morgan fingerprint density at radius 3 is 2.78 bits per heavy atom. The standard InChI is InChI=1S/C5H9BrO3/c1-9-5(8)2-4(6)3-7/h4,7H,2-3H2,1H3. The van der Waals surface area contributed by atoms with Crippen molar-refractivity contribution in [3.63, 3.8) is 0 Å². The Morgan fingerprint density at radius 1 is 1.89 bits per heavy atom. The first-order chi connectivity index (χ1) is 4.20. The van der Waals surface area contributed by atoms with E-state index in [1.54, 1.807) is 0 Å². The fourth-order valence-corrected chi connectivity index (χ4v) is 0.593. The van der Waals surface area contributed by atoms with Crippen molar-refractivity contribution in [3.05, 3.63) is 0 Å². The highest BCUT2D eigenvalue weighted by molar-refractivity contribution is 9.09. The van der Waals surface area contributed by atoms with Crippen LogP contribution in [-0.2, 0) is 9.53 Å². The zero-order valence-corrected chi connectivity index (χ0v) is 6.72. The van der Waals surface area contributed by atoms with E-state index < -0.39 is 0 Å². The zero-order valence-electron chi connectivity index (χ0n) is 5.13. The molecule has 0 saturated carbocycles. The van der Waals surface area contributed by atoms with Crippen molar-refractivity contribution in [2.24, 2.45) is 0 Å². The van der Waals surface area contributed by atoms with E-state index in [1.807, 2.05) is 0 Å². The minimum absolute atomic E-state index is 0.0465. The van der Waals surface area contributed by atoms with E-state index in [2.05, 4.69) is 20.7 Å². The Labute approximate surface area is 62.1 Å². The predicted molar refractivity (Wildman–Crippen MR) is 36.4 cm³/mol. The van der Waals surface area contributed by atoms with Crippen LogP contribution in [0.5, 0.6) is 0 Å². The quantitative estimate of drug-likeness (QED) is 0.523. The van der Waals surface area contributed by atoms with Crippen molar-refractivity contribution in [3.8, 4) is 0 Å². The summed E-state index contributed by atoms with van der Waals surface area (Å²) in [6, 6.07) is 0. The highest BCUT2D eigenvalue weighted by Crippen LogP contribution is 2.03. The fourth-order valence-electron chi connectivity index (χ4n) is 0.329. The summed E-state index contributed by atoms with van der Waals surface area (Å²) in [5.74, 6) is -0.314. The molecule has 54 valence electrons. The second-order valence-electron chi connectivity index (χ2n) is 1.56. The maximum Gasteiger partial charge on any atom is 0.306 e. The largest absolute Gasteiger partial charge is 0.469 e. The van der Waals surface area contributed by atoms with E-state index >= 15 is 0 Å². The number of aliphatic hydroxyl groups excluding tert-OH is 1. The highest BCUT2D eigenvalue weighted by Gasteiger charge is 2.08. The average molecular weight is 197 g/mol. The molecule has 0 fully saturated rings. The van der Waals surface area contributed by atoms with Gasteiger partial charge in [-0.15, -0.1) is 0 Å². The van der Waals surface area contributed by atoms with Crippen molar-refractivity contribution < 1.29 is 14.6 Å². The van der Waals surface area contributed by atoms with Gasteiger partial charge in [0.25, 0.3) is 0 Å². The van der Waals surface area contributed by atoms with E-state index in [4.69, 9.17) is 5.11 Å². The molecule has 0 aliphatic carbocycles. The molecule has 4 heteroatoms. The lowest BCUT2D eigenvalue weighted by atomic mass is 10.3. The number of esters is 1. The molecule has 3 nitrogen and oxygen atoms in total. The number of hydrogen-bond acceptors (Lipinski definition) is 3. The predicted octanol–water partition coefficient (Wildman–Crippen LogP) is 0.305. The summed E-state index contributed by atoms with van der Waals surface area (Å²) < 4.78 is 4.34. The first kappa shape index (κ1) is 8.91. The number of rotatable bonds is 3. The molecular weight excluding hydrogens is 188 g/mol. The Balaban J connectivity index is 3.34. The van der Waals surface area contributed by atoms with Gasteiger partial charge in [0.2, 0.25) is 0 Å². The van der Waals surface area contributed by atoms with Gasteiger partial charge in [0.15, 0.2) is 0 Å². The van der Waals surface area contributed by atoms with Gasteiger partial charge in [-0.05, 0) is 0 Å². The number of ether oxygens (including phenoxy) is 1. The lowest BCUT2D eigenvalue weighted by Crippen LogP contribution is -2.12. The maximum absolute atomic E-state index is 10.4. The molecule has 9 heavy (non-hydrogen) atoms. The van der Waals surface area contributed by atoms with Crippen LogP contribution in [0.3, 0.4) is 0 Å². The molecule has 0 aromatic rings. The second-order valence-corrected chi connectivity index (χ2v) is 2.86. The molecular formula is C5H9BrO3. The zero-order chi connectivity index (χ0) is 7.28. The SMILES string of the molecule is COC(=O)CC(Br)CO. The fraction of sp³-hybridized carbons (Fsp3) is 0.800. The van der Waals surface area contributed by atoms with Gasteiger partial charge in [-0.25, -0.2) is 0 Å². The van der Waals surface area contributed by atoms with Crippen LogP contribution in [0.4, 0.5) is 0 Å². The molecule has 0 bridgehead atoms. The van der Waals surface area contributed by atoms with Gasteiger partial charge in [-0.1, -0.05) is 15.9 Å². The van der Waals surface area contributed by atoms with Crippen LogP contribution < -0.4 is 0 Å². The molecule has 1 atom stereocenters. The van der Waals surface area contributed by atoms with Crippen LogP contribution in [0, 0.1) is 0 Å². The van der Waals surface area contributed by atoms with Gasteiger partial charge in [0.05, 0.1) is 20.1 Å². The van der Waals surface area contributed by atoms with Crippen molar-refractivity contribution in [2.75, 3.05) is 13.7 Å². The molecule has 0 amide bonds. The van der Waals surface area contributed by atoms with Crippen molar-refractivity contribution >= 4 is 21.9 Å². The maximum atomic E-state index is 10.4. The summed E-state index contributed by atoms with van der Waals surface area (Å²) in [5, 5.41) is 8.42. The van der Waals surface area contributed by atoms with Gasteiger partial charge in [-0.3, -0.25) is 4.79 Å². The Bertz CT molecular complexity index is 94.2. The van der Waals surface area contributed by atoms with Crippen molar-refractivity contribution in [1.29, 1.82) is 0 Å². The molecule has 1 unspecified atom stereocenters. The average Bonchev–Trinajstić information content (AvgIpc) is 1.87. The summed E-state index contributed by atoms with van der Waals surface area (Å²) in [6.45, 7) is -0.0465. The lowest BCUT2D eigenvalue weighted by molar-refractivity contribution is -0.140. The molecule has 0 aromatic carbocycles. The number of aliphatic hydroxyl groups is 1. The molecule has 0 spiro atoms. The van der Waals surface area contributed by atoms with Crippen LogP contribution in [0.2, 0.25) is 0 Å². The minimum atomic E-state index is -0.314. The molecule has 0 rings (SSSR count). The normalized spacial score (nSPS) is 12.8. The molecule has 0 heterocycles. The number of halogens is 1. The number of carbonyl (C=O) groups excluding carboxylic acids is 1. The second kappa shape index (κ2) is 4.76.